The molecule has 4 nitrogen and oxygen atoms in total. The van der Waals surface area contributed by atoms with Crippen LogP contribution in [0, 0.1) is 5.92 Å². The fourth-order valence-electron chi connectivity index (χ4n) is 2.56. The Morgan fingerprint density at radius 3 is 2.84 bits per heavy atom. The number of anilines is 1. The summed E-state index contributed by atoms with van der Waals surface area (Å²) in [7, 11) is 1.72. The second-order valence-corrected chi connectivity index (χ2v) is 6.10. The van der Waals surface area contributed by atoms with Crippen molar-refractivity contribution < 1.29 is 4.74 Å². The van der Waals surface area contributed by atoms with Gasteiger partial charge in [-0.1, -0.05) is 35.8 Å². The van der Waals surface area contributed by atoms with Crippen molar-refractivity contribution in [2.45, 2.75) is 19.4 Å². The summed E-state index contributed by atoms with van der Waals surface area (Å²) < 4.78 is 6.47. The van der Waals surface area contributed by atoms with Crippen molar-refractivity contribution in [3.63, 3.8) is 0 Å². The molecule has 104 valence electrons. The Balaban J connectivity index is 2.46. The van der Waals surface area contributed by atoms with Crippen molar-refractivity contribution in [3.8, 4) is 0 Å². The predicted octanol–water partition coefficient (Wildman–Crippen LogP) is 2.63. The standard InChI is InChI=1S/C14H20BrN3O/c1-10(2)14(9-19-3)8-17-13(16)18(14)12-6-4-5-11(15)7-12/h4-7,10H,8-9H2,1-3H3,(H2,16,17). The van der Waals surface area contributed by atoms with Crippen molar-refractivity contribution in [2.24, 2.45) is 16.6 Å². The lowest BCUT2D eigenvalue weighted by atomic mass is 9.85. The average Bonchev–Trinajstić information content (AvgIpc) is 2.68. The van der Waals surface area contributed by atoms with Crippen LogP contribution in [0.2, 0.25) is 0 Å². The van der Waals surface area contributed by atoms with Crippen molar-refractivity contribution >= 4 is 27.6 Å². The van der Waals surface area contributed by atoms with Crippen molar-refractivity contribution in [2.75, 3.05) is 25.2 Å². The van der Waals surface area contributed by atoms with Gasteiger partial charge in [-0.2, -0.15) is 0 Å². The van der Waals surface area contributed by atoms with Crippen LogP contribution in [0.1, 0.15) is 13.8 Å². The van der Waals surface area contributed by atoms with Gasteiger partial charge in [0.25, 0.3) is 0 Å². The number of ether oxygens (including phenoxy) is 1. The van der Waals surface area contributed by atoms with E-state index in [2.05, 4.69) is 45.7 Å². The molecular formula is C14H20BrN3O. The molecule has 2 N–H and O–H groups in total. The van der Waals surface area contributed by atoms with Crippen LogP contribution in [-0.2, 0) is 4.74 Å². The lowest BCUT2D eigenvalue weighted by Crippen LogP contribution is -2.58. The maximum absolute atomic E-state index is 6.11. The van der Waals surface area contributed by atoms with Crippen LogP contribution in [0.5, 0.6) is 0 Å². The van der Waals surface area contributed by atoms with Crippen molar-refractivity contribution in [1.29, 1.82) is 0 Å². The molecule has 1 aromatic rings. The molecule has 1 aromatic carbocycles. The molecule has 1 unspecified atom stereocenters. The molecule has 0 radical (unpaired) electrons. The van der Waals surface area contributed by atoms with E-state index in [1.807, 2.05) is 18.2 Å². The Labute approximate surface area is 122 Å². The van der Waals surface area contributed by atoms with Crippen LogP contribution in [0.25, 0.3) is 0 Å². The number of nitrogens with zero attached hydrogens (tertiary/aromatic N) is 2. The summed E-state index contributed by atoms with van der Waals surface area (Å²) in [5.74, 6) is 0.931. The van der Waals surface area contributed by atoms with Crippen LogP contribution in [0.15, 0.2) is 33.7 Å². The van der Waals surface area contributed by atoms with E-state index in [1.54, 1.807) is 7.11 Å². The third-order valence-corrected chi connectivity index (χ3v) is 4.22. The Morgan fingerprint density at radius 2 is 2.26 bits per heavy atom. The monoisotopic (exact) mass is 325 g/mol. The van der Waals surface area contributed by atoms with Crippen molar-refractivity contribution in [1.82, 2.24) is 0 Å². The van der Waals surface area contributed by atoms with Crippen LogP contribution >= 0.6 is 15.9 Å². The van der Waals surface area contributed by atoms with Gasteiger partial charge in [0.05, 0.1) is 18.7 Å². The molecular weight excluding hydrogens is 306 g/mol. The molecule has 19 heavy (non-hydrogen) atoms. The number of guanidine groups is 1. The number of halogens is 1. The van der Waals surface area contributed by atoms with E-state index in [9.17, 15) is 0 Å². The minimum Gasteiger partial charge on any atom is -0.382 e. The SMILES string of the molecule is COCC1(C(C)C)CN=C(N)N1c1cccc(Br)c1. The highest BCUT2D eigenvalue weighted by molar-refractivity contribution is 9.10. The first-order chi connectivity index (χ1) is 9.01. The maximum Gasteiger partial charge on any atom is 0.196 e. The second-order valence-electron chi connectivity index (χ2n) is 5.18. The number of rotatable bonds is 4. The first-order valence-electron chi connectivity index (χ1n) is 6.36. The molecule has 0 bridgehead atoms. The zero-order valence-electron chi connectivity index (χ0n) is 11.6. The van der Waals surface area contributed by atoms with E-state index in [0.29, 0.717) is 25.0 Å². The number of methoxy groups -OCH3 is 1. The molecule has 2 rings (SSSR count). The highest BCUT2D eigenvalue weighted by Gasteiger charge is 2.45. The quantitative estimate of drug-likeness (QED) is 0.925. The molecule has 0 saturated heterocycles. The van der Waals surface area contributed by atoms with Crippen LogP contribution in [0.4, 0.5) is 5.69 Å². The molecule has 0 saturated carbocycles. The minimum atomic E-state index is -0.209. The van der Waals surface area contributed by atoms with Crippen LogP contribution in [0.3, 0.4) is 0 Å². The summed E-state index contributed by atoms with van der Waals surface area (Å²) in [6.45, 7) is 5.62. The fourth-order valence-corrected chi connectivity index (χ4v) is 2.95. The van der Waals surface area contributed by atoms with E-state index < -0.39 is 0 Å². The molecule has 0 amide bonds. The molecule has 0 aliphatic carbocycles. The summed E-state index contributed by atoms with van der Waals surface area (Å²) in [6, 6.07) is 8.11. The summed E-state index contributed by atoms with van der Waals surface area (Å²) in [5, 5.41) is 0. The third kappa shape index (κ3) is 2.49. The Kier molecular flexibility index (Phi) is 4.16. The van der Waals surface area contributed by atoms with Gasteiger partial charge < -0.3 is 15.4 Å². The predicted molar refractivity (Wildman–Crippen MR) is 82.6 cm³/mol. The van der Waals surface area contributed by atoms with Gasteiger partial charge in [0.15, 0.2) is 5.96 Å². The summed E-state index contributed by atoms with van der Waals surface area (Å²) in [6.07, 6.45) is 0. The number of hydrogen-bond acceptors (Lipinski definition) is 4. The topological polar surface area (TPSA) is 50.9 Å². The molecule has 1 aliphatic heterocycles. The number of aliphatic imine (C=N–C) groups is 1. The van der Waals surface area contributed by atoms with Gasteiger partial charge >= 0.3 is 0 Å². The van der Waals surface area contributed by atoms with E-state index >= 15 is 0 Å². The van der Waals surface area contributed by atoms with Gasteiger partial charge in [-0.3, -0.25) is 4.99 Å². The maximum atomic E-state index is 6.11. The third-order valence-electron chi connectivity index (χ3n) is 3.72. The average molecular weight is 326 g/mol. The molecule has 5 heteroatoms. The highest BCUT2D eigenvalue weighted by atomic mass is 79.9. The zero-order valence-corrected chi connectivity index (χ0v) is 13.1. The molecule has 0 fully saturated rings. The molecule has 1 aliphatic rings. The normalized spacial score (nSPS) is 23.0. The summed E-state index contributed by atoms with van der Waals surface area (Å²) in [5.41, 5.74) is 6.94. The van der Waals surface area contributed by atoms with Gasteiger partial charge in [-0.25, -0.2) is 0 Å². The molecule has 1 heterocycles. The van der Waals surface area contributed by atoms with Gasteiger partial charge in [0.1, 0.15) is 0 Å². The summed E-state index contributed by atoms with van der Waals surface area (Å²) in [4.78, 5) is 6.55. The summed E-state index contributed by atoms with van der Waals surface area (Å²) >= 11 is 3.50. The molecule has 0 spiro atoms. The number of benzene rings is 1. The van der Waals surface area contributed by atoms with E-state index in [0.717, 1.165) is 10.2 Å². The largest absolute Gasteiger partial charge is 0.382 e. The Hall–Kier alpha value is -1.07. The first-order valence-corrected chi connectivity index (χ1v) is 7.15. The van der Waals surface area contributed by atoms with Gasteiger partial charge in [0.2, 0.25) is 0 Å². The second kappa shape index (κ2) is 5.51. The van der Waals surface area contributed by atoms with E-state index in [1.165, 1.54) is 0 Å². The van der Waals surface area contributed by atoms with E-state index in [4.69, 9.17) is 10.5 Å². The highest BCUT2D eigenvalue weighted by Crippen LogP contribution is 2.35. The van der Waals surface area contributed by atoms with Crippen LogP contribution < -0.4 is 10.6 Å². The van der Waals surface area contributed by atoms with Gasteiger partial charge in [0, 0.05) is 17.3 Å². The zero-order chi connectivity index (χ0) is 14.0. The number of hydrogen-bond donors (Lipinski definition) is 1. The number of nitrogens with two attached hydrogens (primary N) is 1. The van der Waals surface area contributed by atoms with Gasteiger partial charge in [-0.15, -0.1) is 0 Å². The Bertz CT molecular complexity index is 489. The fraction of sp³-hybridized carbons (Fsp3) is 0.500. The lowest BCUT2D eigenvalue weighted by Gasteiger charge is -2.42. The molecule has 0 aromatic heterocycles. The molecule has 1 atom stereocenters. The lowest BCUT2D eigenvalue weighted by molar-refractivity contribution is 0.115. The smallest absolute Gasteiger partial charge is 0.196 e. The van der Waals surface area contributed by atoms with Gasteiger partial charge in [-0.05, 0) is 24.1 Å². The van der Waals surface area contributed by atoms with Crippen molar-refractivity contribution in [3.05, 3.63) is 28.7 Å². The Morgan fingerprint density at radius 1 is 1.53 bits per heavy atom. The van der Waals surface area contributed by atoms with E-state index in [-0.39, 0.29) is 5.54 Å². The minimum absolute atomic E-state index is 0.209. The van der Waals surface area contributed by atoms with Crippen LogP contribution in [-0.4, -0.2) is 31.8 Å². The first kappa shape index (κ1) is 14.3.